The number of carbonyl (C=O) groups excluding carboxylic acids is 1. The van der Waals surface area contributed by atoms with Crippen molar-refractivity contribution in [1.82, 2.24) is 19.8 Å². The molecule has 0 aliphatic carbocycles. The molecule has 1 N–H and O–H groups in total. The molecule has 0 radical (unpaired) electrons. The van der Waals surface area contributed by atoms with Gasteiger partial charge in [0.05, 0.1) is 5.69 Å². The first-order valence-electron chi connectivity index (χ1n) is 7.11. The second-order valence-electron chi connectivity index (χ2n) is 5.70. The maximum absolute atomic E-state index is 12.7. The van der Waals surface area contributed by atoms with Crippen molar-refractivity contribution in [2.24, 2.45) is 0 Å². The van der Waals surface area contributed by atoms with Gasteiger partial charge < -0.3 is 14.9 Å². The van der Waals surface area contributed by atoms with Crippen molar-refractivity contribution < 1.29 is 9.90 Å². The van der Waals surface area contributed by atoms with Crippen LogP contribution >= 0.6 is 0 Å². The quantitative estimate of drug-likeness (QED) is 0.821. The number of piperidine rings is 1. The van der Waals surface area contributed by atoms with E-state index in [1.54, 1.807) is 6.92 Å². The van der Waals surface area contributed by atoms with Gasteiger partial charge >= 0.3 is 0 Å². The molecule has 108 valence electrons. The van der Waals surface area contributed by atoms with Gasteiger partial charge in [-0.1, -0.05) is 0 Å². The largest absolute Gasteiger partial charge is 0.504 e. The molecule has 6 heteroatoms. The molecule has 1 aromatic rings. The highest BCUT2D eigenvalue weighted by atomic mass is 16.3. The van der Waals surface area contributed by atoms with Crippen LogP contribution in [-0.2, 0) is 0 Å². The summed E-state index contributed by atoms with van der Waals surface area (Å²) in [7, 11) is 2.12. The lowest BCUT2D eigenvalue weighted by Crippen LogP contribution is -2.51. The highest BCUT2D eigenvalue weighted by Gasteiger charge is 2.41. The van der Waals surface area contributed by atoms with Crippen LogP contribution in [0.3, 0.4) is 0 Å². The van der Waals surface area contributed by atoms with Gasteiger partial charge in [-0.05, 0) is 33.2 Å². The minimum Gasteiger partial charge on any atom is -0.504 e. The highest BCUT2D eigenvalue weighted by molar-refractivity contribution is 5.95. The van der Waals surface area contributed by atoms with Crippen molar-refractivity contribution in [3.05, 3.63) is 17.7 Å². The number of fused-ring (bicyclic) bond motifs is 1. The van der Waals surface area contributed by atoms with E-state index in [0.717, 1.165) is 32.4 Å². The molecular formula is C14H20N4O2. The zero-order chi connectivity index (χ0) is 14.3. The van der Waals surface area contributed by atoms with Crippen LogP contribution in [0.1, 0.15) is 35.4 Å². The molecule has 20 heavy (non-hydrogen) atoms. The van der Waals surface area contributed by atoms with Crippen molar-refractivity contribution in [2.75, 3.05) is 20.1 Å². The Morgan fingerprint density at radius 3 is 2.90 bits per heavy atom. The molecule has 0 aromatic carbocycles. The lowest BCUT2D eigenvalue weighted by atomic mass is 9.96. The highest BCUT2D eigenvalue weighted by Crippen LogP contribution is 2.31. The van der Waals surface area contributed by atoms with Crippen molar-refractivity contribution in [2.45, 2.75) is 38.3 Å². The van der Waals surface area contributed by atoms with Crippen LogP contribution in [0.25, 0.3) is 0 Å². The van der Waals surface area contributed by atoms with E-state index in [9.17, 15) is 9.90 Å². The summed E-state index contributed by atoms with van der Waals surface area (Å²) < 4.78 is 0. The number of aryl methyl sites for hydroxylation is 1. The molecular weight excluding hydrogens is 256 g/mol. The average Bonchev–Trinajstić information content (AvgIpc) is 2.83. The van der Waals surface area contributed by atoms with Gasteiger partial charge in [-0.2, -0.15) is 0 Å². The summed E-state index contributed by atoms with van der Waals surface area (Å²) in [5, 5.41) is 10.0. The summed E-state index contributed by atoms with van der Waals surface area (Å²) in [6.45, 7) is 3.44. The van der Waals surface area contributed by atoms with Crippen molar-refractivity contribution in [1.29, 1.82) is 0 Å². The van der Waals surface area contributed by atoms with Gasteiger partial charge in [-0.25, -0.2) is 9.97 Å². The number of aromatic nitrogens is 2. The number of likely N-dealkylation sites (N-methyl/N-ethyl adjacent to an activating group) is 1. The van der Waals surface area contributed by atoms with Crippen LogP contribution in [0, 0.1) is 6.92 Å². The van der Waals surface area contributed by atoms with Crippen LogP contribution in [0.4, 0.5) is 0 Å². The number of likely N-dealkylation sites (tertiary alicyclic amines) is 2. The predicted octanol–water partition coefficient (Wildman–Crippen LogP) is 0.799. The fraction of sp³-hybridized carbons (Fsp3) is 0.643. The van der Waals surface area contributed by atoms with E-state index in [0.29, 0.717) is 11.7 Å². The molecule has 3 heterocycles. The van der Waals surface area contributed by atoms with Gasteiger partial charge in [0.15, 0.2) is 11.4 Å². The number of aromatic hydroxyl groups is 1. The van der Waals surface area contributed by atoms with E-state index >= 15 is 0 Å². The summed E-state index contributed by atoms with van der Waals surface area (Å²) in [6, 6.07) is 0.689. The molecule has 1 aromatic heterocycles. The van der Waals surface area contributed by atoms with E-state index in [-0.39, 0.29) is 23.4 Å². The van der Waals surface area contributed by atoms with Crippen LogP contribution < -0.4 is 0 Å². The molecule has 2 fully saturated rings. The van der Waals surface area contributed by atoms with Gasteiger partial charge in [0.1, 0.15) is 6.33 Å². The average molecular weight is 276 g/mol. The van der Waals surface area contributed by atoms with Gasteiger partial charge in [0, 0.05) is 25.2 Å². The topological polar surface area (TPSA) is 69.6 Å². The second kappa shape index (κ2) is 5.01. The maximum atomic E-state index is 12.7. The Balaban J connectivity index is 1.88. The van der Waals surface area contributed by atoms with Crippen molar-refractivity contribution >= 4 is 5.91 Å². The first kappa shape index (κ1) is 13.3. The maximum Gasteiger partial charge on any atom is 0.276 e. The van der Waals surface area contributed by atoms with E-state index < -0.39 is 0 Å². The van der Waals surface area contributed by atoms with E-state index in [4.69, 9.17) is 0 Å². The Morgan fingerprint density at radius 2 is 2.10 bits per heavy atom. The Hall–Kier alpha value is -1.69. The Kier molecular flexibility index (Phi) is 3.33. The third kappa shape index (κ3) is 2.04. The zero-order valence-corrected chi connectivity index (χ0v) is 11.9. The number of carbonyl (C=O) groups is 1. The number of rotatable bonds is 1. The predicted molar refractivity (Wildman–Crippen MR) is 73.5 cm³/mol. The molecule has 3 rings (SSSR count). The first-order valence-corrected chi connectivity index (χ1v) is 7.11. The van der Waals surface area contributed by atoms with Gasteiger partial charge in [0.2, 0.25) is 0 Å². The number of hydrogen-bond donors (Lipinski definition) is 1. The van der Waals surface area contributed by atoms with Crippen LogP contribution in [0.15, 0.2) is 6.33 Å². The van der Waals surface area contributed by atoms with Gasteiger partial charge in [0.25, 0.3) is 5.91 Å². The number of nitrogens with zero attached hydrogens (tertiary/aromatic N) is 4. The molecule has 0 spiro atoms. The molecule has 2 saturated heterocycles. The third-order valence-electron chi connectivity index (χ3n) is 4.56. The summed E-state index contributed by atoms with van der Waals surface area (Å²) in [6.07, 6.45) is 4.48. The smallest absolute Gasteiger partial charge is 0.276 e. The fourth-order valence-electron chi connectivity index (χ4n) is 3.41. The molecule has 2 aliphatic heterocycles. The zero-order valence-electron chi connectivity index (χ0n) is 11.9. The molecule has 2 atom stereocenters. The van der Waals surface area contributed by atoms with Crippen molar-refractivity contribution in [3.63, 3.8) is 0 Å². The molecule has 6 nitrogen and oxygen atoms in total. The Labute approximate surface area is 118 Å². The molecule has 2 aliphatic rings. The lowest BCUT2D eigenvalue weighted by Gasteiger charge is -2.39. The molecule has 0 saturated carbocycles. The standard InChI is InChI=1S/C14H20N4O2/c1-9-13(19)12(16-8-15-9)14(20)18-6-3-4-10-11(18)5-7-17(10)2/h8,10-11,19H,3-7H2,1-2H3. The van der Waals surface area contributed by atoms with E-state index in [1.807, 2.05) is 4.90 Å². The summed E-state index contributed by atoms with van der Waals surface area (Å²) in [4.78, 5) is 24.8. The Morgan fingerprint density at radius 1 is 1.30 bits per heavy atom. The minimum absolute atomic E-state index is 0.0917. The number of amides is 1. The molecule has 2 unspecified atom stereocenters. The van der Waals surface area contributed by atoms with Gasteiger partial charge in [-0.15, -0.1) is 0 Å². The first-order chi connectivity index (χ1) is 9.59. The van der Waals surface area contributed by atoms with Crippen LogP contribution in [0.2, 0.25) is 0 Å². The van der Waals surface area contributed by atoms with Gasteiger partial charge in [-0.3, -0.25) is 4.79 Å². The van der Waals surface area contributed by atoms with Crippen LogP contribution in [-0.4, -0.2) is 63.0 Å². The second-order valence-corrected chi connectivity index (χ2v) is 5.70. The molecule has 0 bridgehead atoms. The summed E-state index contributed by atoms with van der Waals surface area (Å²) in [5.41, 5.74) is 0.577. The van der Waals surface area contributed by atoms with Crippen LogP contribution in [0.5, 0.6) is 5.75 Å². The third-order valence-corrected chi connectivity index (χ3v) is 4.56. The Bertz CT molecular complexity index is 534. The van der Waals surface area contributed by atoms with E-state index in [2.05, 4.69) is 21.9 Å². The normalized spacial score (nSPS) is 26.6. The lowest BCUT2D eigenvalue weighted by molar-refractivity contribution is 0.0534. The van der Waals surface area contributed by atoms with E-state index in [1.165, 1.54) is 6.33 Å². The fourth-order valence-corrected chi connectivity index (χ4v) is 3.41. The summed E-state index contributed by atoms with van der Waals surface area (Å²) >= 11 is 0. The monoisotopic (exact) mass is 276 g/mol. The van der Waals surface area contributed by atoms with Crippen molar-refractivity contribution in [3.8, 4) is 5.75 Å². The molecule has 1 amide bonds. The summed E-state index contributed by atoms with van der Waals surface area (Å²) in [5.74, 6) is -0.260. The SMILES string of the molecule is Cc1ncnc(C(=O)N2CCCC3C2CCN3C)c1O. The number of hydrogen-bond acceptors (Lipinski definition) is 5. The minimum atomic E-state index is -0.169.